The highest BCUT2D eigenvalue weighted by molar-refractivity contribution is 5.96. The van der Waals surface area contributed by atoms with Gasteiger partial charge in [0.2, 0.25) is 0 Å². The molecule has 0 bridgehead atoms. The minimum Gasteiger partial charge on any atom is -0.384 e. The molecule has 0 aliphatic heterocycles. The molecule has 100 valence electrons. The highest BCUT2D eigenvalue weighted by atomic mass is 19.4. The van der Waals surface area contributed by atoms with Gasteiger partial charge in [0, 0.05) is 25.7 Å². The third-order valence-corrected chi connectivity index (χ3v) is 2.50. The zero-order valence-electron chi connectivity index (χ0n) is 10.3. The smallest absolute Gasteiger partial charge is 0.384 e. The number of halogens is 3. The second-order valence-electron chi connectivity index (χ2n) is 4.27. The summed E-state index contributed by atoms with van der Waals surface area (Å²) in [5, 5.41) is 0. The van der Waals surface area contributed by atoms with E-state index >= 15 is 0 Å². The Kier molecular flexibility index (Phi) is 4.90. The Balaban J connectivity index is 2.81. The molecule has 1 unspecified atom stereocenters. The lowest BCUT2D eigenvalue weighted by Gasteiger charge is -2.11. The molecule has 0 amide bonds. The summed E-state index contributed by atoms with van der Waals surface area (Å²) in [5.74, 6) is -0.317. The van der Waals surface area contributed by atoms with E-state index in [2.05, 4.69) is 0 Å². The molecule has 0 radical (unpaired) electrons. The van der Waals surface area contributed by atoms with Crippen molar-refractivity contribution >= 4 is 5.78 Å². The van der Waals surface area contributed by atoms with Crippen molar-refractivity contribution in [3.63, 3.8) is 0 Å². The number of rotatable bonds is 5. The van der Waals surface area contributed by atoms with Gasteiger partial charge in [-0.2, -0.15) is 13.2 Å². The highest BCUT2D eigenvalue weighted by Gasteiger charge is 2.30. The van der Waals surface area contributed by atoms with Gasteiger partial charge < -0.3 is 4.74 Å². The molecule has 0 fully saturated rings. The molecule has 0 saturated carbocycles. The maximum atomic E-state index is 12.5. The molecule has 5 heteroatoms. The predicted molar refractivity (Wildman–Crippen MR) is 61.4 cm³/mol. The Morgan fingerprint density at radius 3 is 2.61 bits per heavy atom. The van der Waals surface area contributed by atoms with Crippen molar-refractivity contribution in [1.82, 2.24) is 0 Å². The second kappa shape index (κ2) is 6.00. The summed E-state index contributed by atoms with van der Waals surface area (Å²) in [6.45, 7) is 2.22. The molecule has 2 nitrogen and oxygen atoms in total. The second-order valence-corrected chi connectivity index (χ2v) is 4.27. The number of methoxy groups -OCH3 is 1. The molecule has 1 atom stereocenters. The monoisotopic (exact) mass is 260 g/mol. The van der Waals surface area contributed by atoms with Gasteiger partial charge in [-0.15, -0.1) is 0 Å². The van der Waals surface area contributed by atoms with Crippen LogP contribution in [0.15, 0.2) is 24.3 Å². The van der Waals surface area contributed by atoms with Crippen LogP contribution in [0.3, 0.4) is 0 Å². The van der Waals surface area contributed by atoms with Gasteiger partial charge in [-0.3, -0.25) is 4.79 Å². The van der Waals surface area contributed by atoms with Crippen LogP contribution in [0.1, 0.15) is 29.3 Å². The van der Waals surface area contributed by atoms with Gasteiger partial charge in [0.1, 0.15) is 0 Å². The van der Waals surface area contributed by atoms with Crippen LogP contribution in [0.5, 0.6) is 0 Å². The first-order valence-electron chi connectivity index (χ1n) is 5.54. The van der Waals surface area contributed by atoms with Crippen molar-refractivity contribution < 1.29 is 22.7 Å². The molecule has 0 spiro atoms. The fourth-order valence-electron chi connectivity index (χ4n) is 1.65. The number of ether oxygens (including phenoxy) is 1. The van der Waals surface area contributed by atoms with Gasteiger partial charge in [-0.25, -0.2) is 0 Å². The standard InChI is InChI=1S/C13H15F3O2/c1-9(8-18-2)6-12(17)10-4-3-5-11(7-10)13(14,15)16/h3-5,7,9H,6,8H2,1-2H3. The van der Waals surface area contributed by atoms with Crippen LogP contribution in [0.4, 0.5) is 13.2 Å². The van der Waals surface area contributed by atoms with Gasteiger partial charge in [0.15, 0.2) is 5.78 Å². The van der Waals surface area contributed by atoms with Gasteiger partial charge in [-0.1, -0.05) is 19.1 Å². The molecule has 1 aromatic rings. The molecule has 1 aromatic carbocycles. The summed E-state index contributed by atoms with van der Waals surface area (Å²) in [5.41, 5.74) is -0.708. The first-order chi connectivity index (χ1) is 8.34. The zero-order valence-corrected chi connectivity index (χ0v) is 10.3. The van der Waals surface area contributed by atoms with Crippen molar-refractivity contribution in [1.29, 1.82) is 0 Å². The zero-order chi connectivity index (χ0) is 13.8. The van der Waals surface area contributed by atoms with E-state index in [0.717, 1.165) is 12.1 Å². The summed E-state index contributed by atoms with van der Waals surface area (Å²) < 4.78 is 42.3. The average Bonchev–Trinajstić information content (AvgIpc) is 2.28. The SMILES string of the molecule is COCC(C)CC(=O)c1cccc(C(F)(F)F)c1. The largest absolute Gasteiger partial charge is 0.416 e. The van der Waals surface area contributed by atoms with Gasteiger partial charge in [0.25, 0.3) is 0 Å². The minimum atomic E-state index is -4.42. The average molecular weight is 260 g/mol. The van der Waals surface area contributed by atoms with Gasteiger partial charge in [0.05, 0.1) is 5.56 Å². The summed E-state index contributed by atoms with van der Waals surface area (Å²) in [6.07, 6.45) is -4.25. The van der Waals surface area contributed by atoms with E-state index in [4.69, 9.17) is 4.74 Å². The Hall–Kier alpha value is -1.36. The van der Waals surface area contributed by atoms with E-state index in [9.17, 15) is 18.0 Å². The van der Waals surface area contributed by atoms with Crippen molar-refractivity contribution in [2.75, 3.05) is 13.7 Å². The Labute approximate surface area is 104 Å². The van der Waals surface area contributed by atoms with E-state index < -0.39 is 11.7 Å². The number of hydrogen-bond acceptors (Lipinski definition) is 2. The van der Waals surface area contributed by atoms with E-state index in [1.807, 2.05) is 6.92 Å². The normalized spacial score (nSPS) is 13.4. The third kappa shape index (κ3) is 4.14. The maximum absolute atomic E-state index is 12.5. The van der Waals surface area contributed by atoms with E-state index in [1.165, 1.54) is 19.2 Å². The Morgan fingerprint density at radius 2 is 2.06 bits per heavy atom. The van der Waals surface area contributed by atoms with Crippen LogP contribution in [0.25, 0.3) is 0 Å². The van der Waals surface area contributed by atoms with Gasteiger partial charge >= 0.3 is 6.18 Å². The lowest BCUT2D eigenvalue weighted by Crippen LogP contribution is -2.12. The topological polar surface area (TPSA) is 26.3 Å². The summed E-state index contributed by atoms with van der Waals surface area (Å²) in [7, 11) is 1.52. The molecule has 0 aliphatic rings. The number of ketones is 1. The molecular formula is C13H15F3O2. The number of benzene rings is 1. The lowest BCUT2D eigenvalue weighted by molar-refractivity contribution is -0.137. The molecule has 0 N–H and O–H groups in total. The Bertz CT molecular complexity index is 413. The number of carbonyl (C=O) groups is 1. The molecule has 18 heavy (non-hydrogen) atoms. The fourth-order valence-corrected chi connectivity index (χ4v) is 1.65. The van der Waals surface area contributed by atoms with E-state index in [1.54, 1.807) is 0 Å². The Morgan fingerprint density at radius 1 is 1.39 bits per heavy atom. The van der Waals surface area contributed by atoms with Crippen molar-refractivity contribution in [2.45, 2.75) is 19.5 Å². The highest BCUT2D eigenvalue weighted by Crippen LogP contribution is 2.29. The molecule has 0 saturated heterocycles. The van der Waals surface area contributed by atoms with E-state index in [0.29, 0.717) is 6.61 Å². The molecule has 0 aromatic heterocycles. The number of alkyl halides is 3. The van der Waals surface area contributed by atoms with Crippen LogP contribution >= 0.6 is 0 Å². The van der Waals surface area contributed by atoms with Gasteiger partial charge in [-0.05, 0) is 18.1 Å². The molecular weight excluding hydrogens is 245 g/mol. The summed E-state index contributed by atoms with van der Waals surface area (Å²) in [4.78, 5) is 11.8. The van der Waals surface area contributed by atoms with Crippen LogP contribution in [-0.2, 0) is 10.9 Å². The molecule has 1 rings (SSSR count). The number of Topliss-reactive ketones (excluding diaryl/α,β-unsaturated/α-hetero) is 1. The molecule has 0 aliphatic carbocycles. The van der Waals surface area contributed by atoms with Crippen molar-refractivity contribution in [2.24, 2.45) is 5.92 Å². The van der Waals surface area contributed by atoms with Crippen LogP contribution in [0, 0.1) is 5.92 Å². The quantitative estimate of drug-likeness (QED) is 0.757. The van der Waals surface area contributed by atoms with Crippen LogP contribution in [0.2, 0.25) is 0 Å². The summed E-state index contributed by atoms with van der Waals surface area (Å²) >= 11 is 0. The van der Waals surface area contributed by atoms with Crippen LogP contribution in [-0.4, -0.2) is 19.5 Å². The first-order valence-corrected chi connectivity index (χ1v) is 5.54. The minimum absolute atomic E-state index is 0.0166. The first kappa shape index (κ1) is 14.7. The molecule has 0 heterocycles. The number of carbonyl (C=O) groups excluding carboxylic acids is 1. The number of hydrogen-bond donors (Lipinski definition) is 0. The maximum Gasteiger partial charge on any atom is 0.416 e. The fraction of sp³-hybridized carbons (Fsp3) is 0.462. The van der Waals surface area contributed by atoms with Crippen molar-refractivity contribution in [3.05, 3.63) is 35.4 Å². The summed E-state index contributed by atoms with van der Waals surface area (Å²) in [6, 6.07) is 4.49. The lowest BCUT2D eigenvalue weighted by atomic mass is 9.99. The van der Waals surface area contributed by atoms with Crippen LogP contribution < -0.4 is 0 Å². The predicted octanol–water partition coefficient (Wildman–Crippen LogP) is 3.56. The van der Waals surface area contributed by atoms with E-state index in [-0.39, 0.29) is 23.7 Å². The third-order valence-electron chi connectivity index (χ3n) is 2.50. The van der Waals surface area contributed by atoms with Crippen molar-refractivity contribution in [3.8, 4) is 0 Å².